The molecule has 2 nitrogen and oxygen atoms in total. The summed E-state index contributed by atoms with van der Waals surface area (Å²) in [5.41, 5.74) is -0.0612. The summed E-state index contributed by atoms with van der Waals surface area (Å²) in [6, 6.07) is 4.21. The number of rotatable bonds is 3. The van der Waals surface area contributed by atoms with Gasteiger partial charge in [0.2, 0.25) is 0 Å². The Morgan fingerprint density at radius 1 is 1.21 bits per heavy atom. The molecule has 0 saturated heterocycles. The monoisotopic (exact) mass is 270 g/mol. The van der Waals surface area contributed by atoms with Crippen molar-refractivity contribution in [3.8, 4) is 0 Å². The molecular weight excluding hydrogens is 253 g/mol. The Morgan fingerprint density at radius 3 is 2.37 bits per heavy atom. The molecule has 0 N–H and O–H groups in total. The molecule has 104 valence electrons. The molecule has 0 unspecified atom stereocenters. The first kappa shape index (κ1) is 13.9. The molecule has 0 saturated carbocycles. The molecule has 2 rings (SSSR count). The van der Waals surface area contributed by atoms with Gasteiger partial charge in [0.05, 0.1) is 11.1 Å². The van der Waals surface area contributed by atoms with Crippen LogP contribution in [-0.2, 0) is 13.2 Å². The predicted molar refractivity (Wildman–Crippen MR) is 69.0 cm³/mol. The van der Waals surface area contributed by atoms with E-state index < -0.39 is 11.7 Å². The second-order valence-electron chi connectivity index (χ2n) is 4.71. The van der Waals surface area contributed by atoms with Gasteiger partial charge in [-0.1, -0.05) is 19.9 Å². The maximum Gasteiger partial charge on any atom is 0.418 e. The van der Waals surface area contributed by atoms with Crippen LogP contribution in [0.25, 0.3) is 11.0 Å². The zero-order chi connectivity index (χ0) is 14.2. The number of benzene rings is 1. The van der Waals surface area contributed by atoms with Gasteiger partial charge < -0.3 is 4.57 Å². The summed E-state index contributed by atoms with van der Waals surface area (Å²) < 4.78 is 40.7. The molecule has 0 aliphatic carbocycles. The molecule has 0 atom stereocenters. The van der Waals surface area contributed by atoms with Crippen molar-refractivity contribution in [2.24, 2.45) is 7.05 Å². The van der Waals surface area contributed by atoms with E-state index in [1.54, 1.807) is 17.7 Å². The highest BCUT2D eigenvalue weighted by molar-refractivity contribution is 5.80. The summed E-state index contributed by atoms with van der Waals surface area (Å²) >= 11 is 0. The highest BCUT2D eigenvalue weighted by Crippen LogP contribution is 2.35. The average Bonchev–Trinajstić information content (AvgIpc) is 2.68. The molecule has 0 spiro atoms. The summed E-state index contributed by atoms with van der Waals surface area (Å²) in [5, 5.41) is 0. The summed E-state index contributed by atoms with van der Waals surface area (Å²) in [6.07, 6.45) is -2.62. The molecular formula is C14H17F3N2. The number of halogens is 3. The van der Waals surface area contributed by atoms with Gasteiger partial charge in [0.25, 0.3) is 0 Å². The van der Waals surface area contributed by atoms with Crippen LogP contribution in [0.4, 0.5) is 13.2 Å². The first-order valence-electron chi connectivity index (χ1n) is 6.42. The number of hydrogen-bond donors (Lipinski definition) is 0. The molecule has 1 heterocycles. The number of hydrogen-bond acceptors (Lipinski definition) is 1. The summed E-state index contributed by atoms with van der Waals surface area (Å²) in [5.74, 6) is 0.926. The van der Waals surface area contributed by atoms with E-state index in [1.165, 1.54) is 6.07 Å². The van der Waals surface area contributed by atoms with E-state index in [9.17, 15) is 13.2 Å². The van der Waals surface area contributed by atoms with Gasteiger partial charge in [-0.3, -0.25) is 0 Å². The van der Waals surface area contributed by atoms with Crippen LogP contribution in [0.1, 0.15) is 44.0 Å². The summed E-state index contributed by atoms with van der Waals surface area (Å²) in [4.78, 5) is 4.26. The first-order valence-corrected chi connectivity index (χ1v) is 6.42. The van der Waals surface area contributed by atoms with Crippen molar-refractivity contribution in [1.29, 1.82) is 0 Å². The van der Waals surface area contributed by atoms with Crippen molar-refractivity contribution in [3.63, 3.8) is 0 Å². The van der Waals surface area contributed by atoms with E-state index in [0.717, 1.165) is 24.7 Å². The fourth-order valence-corrected chi connectivity index (χ4v) is 2.48. The van der Waals surface area contributed by atoms with Crippen LogP contribution in [0.2, 0.25) is 0 Å². The van der Waals surface area contributed by atoms with E-state index in [2.05, 4.69) is 4.98 Å². The minimum Gasteiger partial charge on any atom is -0.331 e. The number of alkyl halides is 3. The van der Waals surface area contributed by atoms with Gasteiger partial charge in [0.15, 0.2) is 0 Å². The maximum atomic E-state index is 13.0. The van der Waals surface area contributed by atoms with Crippen molar-refractivity contribution in [2.45, 2.75) is 38.8 Å². The number of fused-ring (bicyclic) bond motifs is 1. The number of imidazole rings is 1. The summed E-state index contributed by atoms with van der Waals surface area (Å²) in [6.45, 7) is 4.05. The zero-order valence-electron chi connectivity index (χ0n) is 11.3. The molecule has 0 amide bonds. The normalized spacial score (nSPS) is 12.6. The topological polar surface area (TPSA) is 17.8 Å². The molecule has 1 aromatic heterocycles. The third-order valence-corrected chi connectivity index (χ3v) is 3.60. The third-order valence-electron chi connectivity index (χ3n) is 3.60. The molecule has 0 bridgehead atoms. The average molecular weight is 270 g/mol. The van der Waals surface area contributed by atoms with E-state index in [0.29, 0.717) is 5.52 Å². The Labute approximate surface area is 110 Å². The fraction of sp³-hybridized carbons (Fsp3) is 0.500. The van der Waals surface area contributed by atoms with Gasteiger partial charge in [0, 0.05) is 13.0 Å². The maximum absolute atomic E-state index is 13.0. The van der Waals surface area contributed by atoms with Gasteiger partial charge in [-0.05, 0) is 25.0 Å². The third kappa shape index (κ3) is 2.33. The van der Waals surface area contributed by atoms with Gasteiger partial charge in [-0.2, -0.15) is 13.2 Å². The van der Waals surface area contributed by atoms with Gasteiger partial charge >= 0.3 is 6.18 Å². The van der Waals surface area contributed by atoms with Crippen molar-refractivity contribution in [2.75, 3.05) is 0 Å². The number of aryl methyl sites for hydroxylation is 1. The van der Waals surface area contributed by atoms with E-state index >= 15 is 0 Å². The van der Waals surface area contributed by atoms with Gasteiger partial charge in [-0.15, -0.1) is 0 Å². The van der Waals surface area contributed by atoms with Crippen LogP contribution < -0.4 is 0 Å². The SMILES string of the molecule is CCC(CC)c1nc2c(C(F)(F)F)cccc2n1C. The zero-order valence-corrected chi connectivity index (χ0v) is 11.3. The lowest BCUT2D eigenvalue weighted by atomic mass is 10.0. The van der Waals surface area contributed by atoms with E-state index in [-0.39, 0.29) is 11.4 Å². The van der Waals surface area contributed by atoms with Crippen molar-refractivity contribution >= 4 is 11.0 Å². The Hall–Kier alpha value is -1.52. The fourth-order valence-electron chi connectivity index (χ4n) is 2.48. The quantitative estimate of drug-likeness (QED) is 0.803. The molecule has 0 radical (unpaired) electrons. The minimum absolute atomic E-state index is 0.0550. The largest absolute Gasteiger partial charge is 0.418 e. The molecule has 0 aliphatic heterocycles. The van der Waals surface area contributed by atoms with Crippen molar-refractivity contribution in [1.82, 2.24) is 9.55 Å². The smallest absolute Gasteiger partial charge is 0.331 e. The Kier molecular flexibility index (Phi) is 3.56. The van der Waals surface area contributed by atoms with Crippen LogP contribution in [0.15, 0.2) is 18.2 Å². The highest BCUT2D eigenvalue weighted by Gasteiger charge is 2.34. The Morgan fingerprint density at radius 2 is 1.84 bits per heavy atom. The molecule has 5 heteroatoms. The van der Waals surface area contributed by atoms with Crippen molar-refractivity contribution < 1.29 is 13.2 Å². The van der Waals surface area contributed by atoms with Crippen LogP contribution in [0, 0.1) is 0 Å². The Balaban J connectivity index is 2.69. The number of nitrogens with zero attached hydrogens (tertiary/aromatic N) is 2. The standard InChI is InChI=1S/C14H17F3N2/c1-4-9(5-2)13-18-12-10(14(15,16)17)7-6-8-11(12)19(13)3/h6-9H,4-5H2,1-3H3. The predicted octanol–water partition coefficient (Wildman–Crippen LogP) is 4.50. The Bertz CT molecular complexity index is 580. The molecule has 19 heavy (non-hydrogen) atoms. The second-order valence-corrected chi connectivity index (χ2v) is 4.71. The summed E-state index contributed by atoms with van der Waals surface area (Å²) in [7, 11) is 1.78. The van der Waals surface area contributed by atoms with Gasteiger partial charge in [0.1, 0.15) is 11.3 Å². The molecule has 0 fully saturated rings. The first-order chi connectivity index (χ1) is 8.90. The number of aromatic nitrogens is 2. The van der Waals surface area contributed by atoms with E-state index in [4.69, 9.17) is 0 Å². The van der Waals surface area contributed by atoms with Crippen LogP contribution in [-0.4, -0.2) is 9.55 Å². The minimum atomic E-state index is -4.36. The lowest BCUT2D eigenvalue weighted by molar-refractivity contribution is -0.136. The number of para-hydroxylation sites is 1. The highest BCUT2D eigenvalue weighted by atomic mass is 19.4. The molecule has 0 aliphatic rings. The lowest BCUT2D eigenvalue weighted by Gasteiger charge is -2.11. The van der Waals surface area contributed by atoms with Crippen LogP contribution in [0.5, 0.6) is 0 Å². The molecule has 2 aromatic rings. The van der Waals surface area contributed by atoms with Crippen molar-refractivity contribution in [3.05, 3.63) is 29.6 Å². The van der Waals surface area contributed by atoms with Crippen LogP contribution in [0.3, 0.4) is 0 Å². The van der Waals surface area contributed by atoms with Crippen LogP contribution >= 0.6 is 0 Å². The second kappa shape index (κ2) is 4.87. The van der Waals surface area contributed by atoms with E-state index in [1.807, 2.05) is 13.8 Å². The van der Waals surface area contributed by atoms with Gasteiger partial charge in [-0.25, -0.2) is 4.98 Å². The lowest BCUT2D eigenvalue weighted by Crippen LogP contribution is -2.05. The molecule has 1 aromatic carbocycles.